The molecule has 0 saturated carbocycles. The van der Waals surface area contributed by atoms with Crippen molar-refractivity contribution in [3.8, 4) is 0 Å². The summed E-state index contributed by atoms with van der Waals surface area (Å²) in [5.74, 6) is 0. The number of hydrogen-bond donors (Lipinski definition) is 2. The van der Waals surface area contributed by atoms with Gasteiger partial charge in [-0.25, -0.2) is 4.79 Å². The highest BCUT2D eigenvalue weighted by Gasteiger charge is 2.13. The van der Waals surface area contributed by atoms with Crippen LogP contribution in [0.1, 0.15) is 38.8 Å². The molecule has 0 bridgehead atoms. The molecule has 0 unspecified atom stereocenters. The van der Waals surface area contributed by atoms with Crippen LogP contribution in [0.15, 0.2) is 18.2 Å². The molecule has 5 heteroatoms. The summed E-state index contributed by atoms with van der Waals surface area (Å²) in [6.45, 7) is 5.86. The monoisotopic (exact) mass is 288 g/mol. The number of benzene rings is 1. The van der Waals surface area contributed by atoms with Gasteiger partial charge in [0, 0.05) is 16.1 Å². The molecule has 2 amide bonds. The normalized spacial score (nSPS) is 13.8. The number of rotatable bonds is 4. The lowest BCUT2D eigenvalue weighted by atomic mass is 10.1. The van der Waals surface area contributed by atoms with E-state index in [0.29, 0.717) is 10.0 Å². The van der Waals surface area contributed by atoms with Crippen molar-refractivity contribution < 1.29 is 4.79 Å². The first kappa shape index (κ1) is 15.1. The predicted octanol–water partition coefficient (Wildman–Crippen LogP) is 4.15. The Labute approximate surface area is 118 Å². The SMILES string of the molecule is CC[C@H](C)NC(=O)N[C@@H](C)c1ccc(Cl)cc1Cl. The van der Waals surface area contributed by atoms with E-state index in [0.717, 1.165) is 12.0 Å². The minimum absolute atomic E-state index is 0.151. The Kier molecular flexibility index (Phi) is 5.76. The molecule has 1 aromatic rings. The number of carbonyl (C=O) groups excluding carboxylic acids is 1. The number of halogens is 2. The fourth-order valence-corrected chi connectivity index (χ4v) is 2.07. The summed E-state index contributed by atoms with van der Waals surface area (Å²) in [6, 6.07) is 5.04. The van der Waals surface area contributed by atoms with E-state index in [2.05, 4.69) is 10.6 Å². The van der Waals surface area contributed by atoms with Crippen LogP contribution in [0, 0.1) is 0 Å². The molecule has 0 saturated heterocycles. The third kappa shape index (κ3) is 4.39. The Bertz CT molecular complexity index is 423. The second-order valence-electron chi connectivity index (χ2n) is 4.31. The van der Waals surface area contributed by atoms with Crippen LogP contribution in [-0.4, -0.2) is 12.1 Å². The lowest BCUT2D eigenvalue weighted by Gasteiger charge is -2.18. The van der Waals surface area contributed by atoms with Crippen LogP contribution < -0.4 is 10.6 Å². The van der Waals surface area contributed by atoms with Gasteiger partial charge in [-0.3, -0.25) is 0 Å². The van der Waals surface area contributed by atoms with Gasteiger partial charge in [-0.05, 0) is 38.0 Å². The molecule has 0 heterocycles. The summed E-state index contributed by atoms with van der Waals surface area (Å²) < 4.78 is 0. The van der Waals surface area contributed by atoms with Crippen LogP contribution in [0.25, 0.3) is 0 Å². The molecular weight excluding hydrogens is 271 g/mol. The number of hydrogen-bond acceptors (Lipinski definition) is 1. The maximum Gasteiger partial charge on any atom is 0.315 e. The Balaban J connectivity index is 2.64. The zero-order valence-corrected chi connectivity index (χ0v) is 12.3. The molecule has 0 radical (unpaired) electrons. The third-order valence-electron chi connectivity index (χ3n) is 2.77. The van der Waals surface area contributed by atoms with Gasteiger partial charge in [0.15, 0.2) is 0 Å². The molecular formula is C13H18Cl2N2O. The van der Waals surface area contributed by atoms with Crippen LogP contribution in [-0.2, 0) is 0 Å². The lowest BCUT2D eigenvalue weighted by Crippen LogP contribution is -2.41. The maximum atomic E-state index is 11.7. The average molecular weight is 289 g/mol. The van der Waals surface area contributed by atoms with Crippen LogP contribution in [0.4, 0.5) is 4.79 Å². The molecule has 0 fully saturated rings. The molecule has 0 aliphatic heterocycles. The fraction of sp³-hybridized carbons (Fsp3) is 0.462. The summed E-state index contributed by atoms with van der Waals surface area (Å²) in [7, 11) is 0. The number of carbonyl (C=O) groups is 1. The van der Waals surface area contributed by atoms with Gasteiger partial charge >= 0.3 is 6.03 Å². The maximum absolute atomic E-state index is 11.7. The minimum atomic E-state index is -0.192. The van der Waals surface area contributed by atoms with Crippen molar-refractivity contribution in [1.29, 1.82) is 0 Å². The van der Waals surface area contributed by atoms with Gasteiger partial charge in [0.2, 0.25) is 0 Å². The summed E-state index contributed by atoms with van der Waals surface area (Å²) in [5, 5.41) is 6.82. The topological polar surface area (TPSA) is 41.1 Å². The number of nitrogens with one attached hydrogen (secondary N) is 2. The molecule has 0 aliphatic carbocycles. The standard InChI is InChI=1S/C13H18Cl2N2O/c1-4-8(2)16-13(18)17-9(3)11-6-5-10(14)7-12(11)15/h5-9H,4H2,1-3H3,(H2,16,17,18)/t8-,9-/m0/s1. The lowest BCUT2D eigenvalue weighted by molar-refractivity contribution is 0.234. The quantitative estimate of drug-likeness (QED) is 0.858. The smallest absolute Gasteiger partial charge is 0.315 e. The minimum Gasteiger partial charge on any atom is -0.336 e. The Hall–Kier alpha value is -0.930. The average Bonchev–Trinajstić information content (AvgIpc) is 2.28. The summed E-state index contributed by atoms with van der Waals surface area (Å²) in [6.07, 6.45) is 0.892. The van der Waals surface area contributed by atoms with Crippen molar-refractivity contribution in [3.63, 3.8) is 0 Å². The second-order valence-corrected chi connectivity index (χ2v) is 5.16. The molecule has 18 heavy (non-hydrogen) atoms. The molecule has 2 N–H and O–H groups in total. The Morgan fingerprint density at radius 2 is 1.94 bits per heavy atom. The summed E-state index contributed by atoms with van der Waals surface area (Å²) in [5.41, 5.74) is 0.848. The van der Waals surface area contributed by atoms with Gasteiger partial charge in [0.1, 0.15) is 0 Å². The summed E-state index contributed by atoms with van der Waals surface area (Å²) in [4.78, 5) is 11.7. The molecule has 0 aromatic heterocycles. The van der Waals surface area contributed by atoms with E-state index in [4.69, 9.17) is 23.2 Å². The third-order valence-corrected chi connectivity index (χ3v) is 3.33. The van der Waals surface area contributed by atoms with E-state index in [1.165, 1.54) is 0 Å². The van der Waals surface area contributed by atoms with E-state index in [9.17, 15) is 4.79 Å². The molecule has 100 valence electrons. The summed E-state index contributed by atoms with van der Waals surface area (Å²) >= 11 is 11.9. The first-order valence-electron chi connectivity index (χ1n) is 5.96. The largest absolute Gasteiger partial charge is 0.336 e. The van der Waals surface area contributed by atoms with Crippen molar-refractivity contribution in [1.82, 2.24) is 10.6 Å². The highest BCUT2D eigenvalue weighted by Crippen LogP contribution is 2.25. The highest BCUT2D eigenvalue weighted by atomic mass is 35.5. The van der Waals surface area contributed by atoms with Gasteiger partial charge in [0.25, 0.3) is 0 Å². The molecule has 0 aliphatic rings. The number of amides is 2. The molecule has 1 aromatic carbocycles. The number of urea groups is 1. The van der Waals surface area contributed by atoms with Gasteiger partial charge in [-0.15, -0.1) is 0 Å². The van der Waals surface area contributed by atoms with Crippen molar-refractivity contribution in [2.24, 2.45) is 0 Å². The van der Waals surface area contributed by atoms with E-state index in [1.807, 2.05) is 26.8 Å². The van der Waals surface area contributed by atoms with Gasteiger partial charge in [0.05, 0.1) is 6.04 Å². The molecule has 0 spiro atoms. The van der Waals surface area contributed by atoms with Crippen LogP contribution in [0.3, 0.4) is 0 Å². The van der Waals surface area contributed by atoms with Crippen molar-refractivity contribution in [3.05, 3.63) is 33.8 Å². The van der Waals surface area contributed by atoms with Gasteiger partial charge < -0.3 is 10.6 Å². The van der Waals surface area contributed by atoms with Crippen LogP contribution in [0.2, 0.25) is 10.0 Å². The first-order valence-corrected chi connectivity index (χ1v) is 6.71. The first-order chi connectivity index (χ1) is 8.43. The Morgan fingerprint density at radius 3 is 2.50 bits per heavy atom. The van der Waals surface area contributed by atoms with E-state index in [-0.39, 0.29) is 18.1 Å². The molecule has 1 rings (SSSR count). The van der Waals surface area contributed by atoms with Crippen LogP contribution in [0.5, 0.6) is 0 Å². The van der Waals surface area contributed by atoms with Crippen molar-refractivity contribution in [2.45, 2.75) is 39.3 Å². The fourth-order valence-electron chi connectivity index (χ4n) is 1.49. The predicted molar refractivity (Wildman–Crippen MR) is 76.3 cm³/mol. The Morgan fingerprint density at radius 1 is 1.28 bits per heavy atom. The molecule has 2 atom stereocenters. The van der Waals surface area contributed by atoms with Crippen LogP contribution >= 0.6 is 23.2 Å². The molecule has 3 nitrogen and oxygen atoms in total. The van der Waals surface area contributed by atoms with Gasteiger partial charge in [-0.2, -0.15) is 0 Å². The van der Waals surface area contributed by atoms with E-state index >= 15 is 0 Å². The van der Waals surface area contributed by atoms with Gasteiger partial charge in [-0.1, -0.05) is 36.2 Å². The van der Waals surface area contributed by atoms with E-state index < -0.39 is 0 Å². The van der Waals surface area contributed by atoms with Crippen molar-refractivity contribution >= 4 is 29.2 Å². The zero-order valence-electron chi connectivity index (χ0n) is 10.8. The highest BCUT2D eigenvalue weighted by molar-refractivity contribution is 6.35. The van der Waals surface area contributed by atoms with Crippen molar-refractivity contribution in [2.75, 3.05) is 0 Å². The zero-order chi connectivity index (χ0) is 13.7. The van der Waals surface area contributed by atoms with E-state index in [1.54, 1.807) is 12.1 Å². The second kappa shape index (κ2) is 6.86.